The summed E-state index contributed by atoms with van der Waals surface area (Å²) in [6.07, 6.45) is 9.00. The Bertz CT molecular complexity index is 1240. The van der Waals surface area contributed by atoms with Crippen molar-refractivity contribution in [2.75, 3.05) is 26.7 Å². The minimum Gasteiger partial charge on any atom is -0.486 e. The van der Waals surface area contributed by atoms with Crippen molar-refractivity contribution in [1.82, 2.24) is 10.2 Å². The van der Waals surface area contributed by atoms with Crippen molar-refractivity contribution in [3.63, 3.8) is 0 Å². The van der Waals surface area contributed by atoms with Crippen LogP contribution in [0.3, 0.4) is 0 Å². The molecule has 2 aromatic carbocycles. The van der Waals surface area contributed by atoms with Crippen molar-refractivity contribution in [2.45, 2.75) is 88.5 Å². The van der Waals surface area contributed by atoms with Crippen molar-refractivity contribution >= 4 is 0 Å². The van der Waals surface area contributed by atoms with Gasteiger partial charge in [-0.05, 0) is 81.0 Å². The van der Waals surface area contributed by atoms with E-state index in [4.69, 9.17) is 9.47 Å². The zero-order chi connectivity index (χ0) is 25.0. The Labute approximate surface area is 222 Å². The van der Waals surface area contributed by atoms with Gasteiger partial charge < -0.3 is 14.8 Å². The average Bonchev–Trinajstić information content (AvgIpc) is 3.64. The summed E-state index contributed by atoms with van der Waals surface area (Å²) in [6, 6.07) is 16.2. The van der Waals surface area contributed by atoms with E-state index in [-0.39, 0.29) is 27.9 Å². The van der Waals surface area contributed by atoms with E-state index in [0.717, 1.165) is 25.4 Å². The summed E-state index contributed by atoms with van der Waals surface area (Å²) in [6.45, 7) is 9.18. The first kappa shape index (κ1) is 23.0. The van der Waals surface area contributed by atoms with Crippen LogP contribution in [0.5, 0.6) is 5.75 Å². The maximum absolute atomic E-state index is 7.25. The van der Waals surface area contributed by atoms with Gasteiger partial charge in [-0.3, -0.25) is 4.90 Å². The molecule has 6 atom stereocenters. The van der Waals surface area contributed by atoms with Crippen molar-refractivity contribution in [1.29, 1.82) is 0 Å². The molecular formula is C33H42N2O2. The van der Waals surface area contributed by atoms with Gasteiger partial charge in [0.05, 0.1) is 0 Å². The summed E-state index contributed by atoms with van der Waals surface area (Å²) in [5.41, 5.74) is 5.93. The van der Waals surface area contributed by atoms with E-state index in [1.165, 1.54) is 68.5 Å². The Morgan fingerprint density at radius 3 is 2.70 bits per heavy atom. The summed E-state index contributed by atoms with van der Waals surface area (Å²) in [5, 5.41) is 3.89. The zero-order valence-corrected chi connectivity index (χ0v) is 22.8. The van der Waals surface area contributed by atoms with Gasteiger partial charge in [0.1, 0.15) is 17.5 Å². The molecule has 5 fully saturated rings. The molecule has 2 aliphatic heterocycles. The molecule has 7 aliphatic rings. The Morgan fingerprint density at radius 2 is 1.92 bits per heavy atom. The Hall–Kier alpha value is -1.88. The van der Waals surface area contributed by atoms with Crippen molar-refractivity contribution in [3.05, 3.63) is 64.7 Å². The SMILES string of the molecule is CO[C@]12CCC3(C[C@]1(C)CNCc1ccccc1)[C@H]1Cc4ccc(C)c5c4[C@@]3(CCN1CC1CC1)[C@H]2O5. The quantitative estimate of drug-likeness (QED) is 0.554. The fraction of sp³-hybridized carbons (Fsp3) is 0.636. The maximum Gasteiger partial charge on any atom is 0.139 e. The summed E-state index contributed by atoms with van der Waals surface area (Å²) < 4.78 is 14.0. The monoisotopic (exact) mass is 498 g/mol. The van der Waals surface area contributed by atoms with Crippen molar-refractivity contribution in [3.8, 4) is 5.75 Å². The van der Waals surface area contributed by atoms with Crippen LogP contribution < -0.4 is 10.1 Å². The number of benzene rings is 2. The molecule has 4 bridgehead atoms. The highest BCUT2D eigenvalue weighted by molar-refractivity contribution is 5.61. The van der Waals surface area contributed by atoms with Crippen molar-refractivity contribution in [2.24, 2.45) is 16.7 Å². The Kier molecular flexibility index (Phi) is 4.74. The lowest BCUT2D eigenvalue weighted by Gasteiger charge is -2.76. The van der Waals surface area contributed by atoms with Crippen LogP contribution in [0, 0.1) is 23.7 Å². The van der Waals surface area contributed by atoms with Crippen LogP contribution in [-0.4, -0.2) is 49.4 Å². The summed E-state index contributed by atoms with van der Waals surface area (Å²) in [4.78, 5) is 2.95. The van der Waals surface area contributed by atoms with E-state index in [1.54, 1.807) is 11.1 Å². The third-order valence-electron chi connectivity index (χ3n) is 12.1. The molecule has 37 heavy (non-hydrogen) atoms. The maximum atomic E-state index is 7.25. The summed E-state index contributed by atoms with van der Waals surface area (Å²) in [5.74, 6) is 2.14. The summed E-state index contributed by atoms with van der Waals surface area (Å²) >= 11 is 0. The van der Waals surface area contributed by atoms with E-state index in [1.807, 2.05) is 7.11 Å². The second kappa shape index (κ2) is 7.61. The molecule has 2 aromatic rings. The lowest BCUT2D eigenvalue weighted by atomic mass is 9.32. The van der Waals surface area contributed by atoms with Gasteiger partial charge in [0.15, 0.2) is 0 Å². The Balaban J connectivity index is 1.25. The molecule has 4 nitrogen and oxygen atoms in total. The lowest BCUT2D eigenvalue weighted by molar-refractivity contribution is -0.304. The molecule has 1 N–H and O–H groups in total. The number of methoxy groups -OCH3 is 1. The molecule has 0 radical (unpaired) electrons. The van der Waals surface area contributed by atoms with Gasteiger partial charge in [0, 0.05) is 54.6 Å². The van der Waals surface area contributed by atoms with Gasteiger partial charge in [-0.2, -0.15) is 0 Å². The average molecular weight is 499 g/mol. The molecule has 4 saturated carbocycles. The first-order chi connectivity index (χ1) is 18.0. The van der Waals surface area contributed by atoms with E-state index in [2.05, 4.69) is 66.5 Å². The highest BCUT2D eigenvalue weighted by Gasteiger charge is 2.82. The number of fused-ring (bicyclic) bond motifs is 2. The van der Waals surface area contributed by atoms with E-state index in [9.17, 15) is 0 Å². The number of piperidine rings is 1. The second-order valence-corrected chi connectivity index (χ2v) is 13.7. The third kappa shape index (κ3) is 2.75. The fourth-order valence-corrected chi connectivity index (χ4v) is 10.4. The molecule has 5 aliphatic carbocycles. The molecular weight excluding hydrogens is 456 g/mol. The smallest absolute Gasteiger partial charge is 0.139 e. The number of nitrogens with one attached hydrogen (secondary N) is 1. The normalized spacial score (nSPS) is 40.9. The van der Waals surface area contributed by atoms with Gasteiger partial charge in [-0.15, -0.1) is 0 Å². The zero-order valence-electron chi connectivity index (χ0n) is 22.8. The van der Waals surface area contributed by atoms with Crippen LogP contribution in [0.25, 0.3) is 0 Å². The number of rotatable bonds is 7. The minimum atomic E-state index is -0.276. The van der Waals surface area contributed by atoms with Crippen LogP contribution in [0.1, 0.15) is 67.7 Å². The molecule has 196 valence electrons. The van der Waals surface area contributed by atoms with Crippen LogP contribution in [-0.2, 0) is 23.1 Å². The number of hydrogen-bond acceptors (Lipinski definition) is 4. The van der Waals surface area contributed by atoms with Crippen LogP contribution >= 0.6 is 0 Å². The minimum absolute atomic E-state index is 0.0111. The predicted molar refractivity (Wildman–Crippen MR) is 146 cm³/mol. The van der Waals surface area contributed by atoms with Gasteiger partial charge >= 0.3 is 0 Å². The van der Waals surface area contributed by atoms with Gasteiger partial charge in [-0.25, -0.2) is 0 Å². The molecule has 2 heterocycles. The number of likely N-dealkylation sites (tertiary alicyclic amines) is 1. The molecule has 9 rings (SSSR count). The highest BCUT2D eigenvalue weighted by atomic mass is 16.6. The van der Waals surface area contributed by atoms with Gasteiger partial charge in [-0.1, -0.05) is 49.4 Å². The first-order valence-corrected chi connectivity index (χ1v) is 14.8. The largest absolute Gasteiger partial charge is 0.486 e. The fourth-order valence-electron chi connectivity index (χ4n) is 10.4. The molecule has 2 spiro atoms. The highest BCUT2D eigenvalue weighted by Crippen LogP contribution is 2.78. The third-order valence-corrected chi connectivity index (χ3v) is 12.1. The van der Waals surface area contributed by atoms with Crippen LogP contribution in [0.2, 0.25) is 0 Å². The van der Waals surface area contributed by atoms with Crippen LogP contribution in [0.15, 0.2) is 42.5 Å². The molecule has 0 amide bonds. The summed E-state index contributed by atoms with van der Waals surface area (Å²) in [7, 11) is 1.98. The number of ether oxygens (including phenoxy) is 2. The van der Waals surface area contributed by atoms with Gasteiger partial charge in [0.25, 0.3) is 0 Å². The molecule has 0 aromatic heterocycles. The number of aryl methyl sites for hydroxylation is 1. The Morgan fingerprint density at radius 1 is 1.08 bits per heavy atom. The number of nitrogens with zero attached hydrogens (tertiary/aromatic N) is 1. The first-order valence-electron chi connectivity index (χ1n) is 14.8. The molecule has 4 heteroatoms. The van der Waals surface area contributed by atoms with E-state index < -0.39 is 0 Å². The standard InChI is InChI=1S/C33H42N2O2/c1-22-9-12-25-17-26-31-13-14-33(36-3,30(2,20-31)21-34-18-23-7-5-4-6-8-23)29-32(31,27(25)28(22)37-29)15-16-35(26)19-24-10-11-24/h4-9,12,24,26,29,34H,10-11,13-21H2,1-3H3/t26-,29-,30-,31?,32+,33+/m1/s1. The van der Waals surface area contributed by atoms with E-state index >= 15 is 0 Å². The second-order valence-electron chi connectivity index (χ2n) is 13.7. The van der Waals surface area contributed by atoms with Crippen molar-refractivity contribution < 1.29 is 9.47 Å². The van der Waals surface area contributed by atoms with E-state index in [0.29, 0.717) is 6.04 Å². The van der Waals surface area contributed by atoms with Gasteiger partial charge in [0.2, 0.25) is 0 Å². The molecule has 1 saturated heterocycles. The topological polar surface area (TPSA) is 33.7 Å². The predicted octanol–water partition coefficient (Wildman–Crippen LogP) is 5.40. The lowest BCUT2D eigenvalue weighted by Crippen LogP contribution is -2.83. The molecule has 1 unspecified atom stereocenters. The number of hydrogen-bond donors (Lipinski definition) is 1. The van der Waals surface area contributed by atoms with Crippen LogP contribution in [0.4, 0.5) is 0 Å².